The Morgan fingerprint density at radius 3 is 2.62 bits per heavy atom. The molecule has 2 bridgehead atoms. The van der Waals surface area contributed by atoms with Gasteiger partial charge in [0.05, 0.1) is 16.5 Å². The van der Waals surface area contributed by atoms with Gasteiger partial charge in [-0.1, -0.05) is 56.7 Å². The number of anilines is 1. The van der Waals surface area contributed by atoms with Gasteiger partial charge in [-0.3, -0.25) is 14.8 Å². The van der Waals surface area contributed by atoms with Crippen LogP contribution in [-0.4, -0.2) is 59.8 Å². The summed E-state index contributed by atoms with van der Waals surface area (Å²) in [5.41, 5.74) is 11.8. The van der Waals surface area contributed by atoms with Crippen LogP contribution in [0.5, 0.6) is 0 Å². The molecule has 4 saturated heterocycles. The topological polar surface area (TPSA) is 22.1 Å². The van der Waals surface area contributed by atoms with Crippen LogP contribution in [0.2, 0.25) is 0 Å². The summed E-state index contributed by atoms with van der Waals surface area (Å²) in [5, 5.41) is 0. The second-order valence-electron chi connectivity index (χ2n) is 15.8. The Morgan fingerprint density at radius 2 is 1.74 bits per heavy atom. The van der Waals surface area contributed by atoms with Crippen LogP contribution in [0.3, 0.4) is 0 Å². The monoisotopic (exact) mass is 556 g/mol. The van der Waals surface area contributed by atoms with Crippen molar-refractivity contribution in [3.8, 4) is 0 Å². The molecule has 1 saturated carbocycles. The molecule has 9 aliphatic rings. The molecule has 9 atom stereocenters. The molecule has 3 spiro atoms. The Bertz CT molecular complexity index is 1620. The summed E-state index contributed by atoms with van der Waals surface area (Å²) in [4.78, 5) is 14.6. The number of aliphatic imine (C=N–C) groups is 1. The maximum atomic E-state index is 5.80. The van der Waals surface area contributed by atoms with E-state index in [-0.39, 0.29) is 16.2 Å². The predicted octanol–water partition coefficient (Wildman–Crippen LogP) is 6.82. The van der Waals surface area contributed by atoms with Crippen molar-refractivity contribution < 1.29 is 0 Å². The zero-order valence-electron chi connectivity index (χ0n) is 25.4. The predicted molar refractivity (Wildman–Crippen MR) is 169 cm³/mol. The van der Waals surface area contributed by atoms with Crippen molar-refractivity contribution in [1.29, 1.82) is 0 Å². The van der Waals surface area contributed by atoms with E-state index in [1.807, 2.05) is 5.57 Å². The van der Waals surface area contributed by atoms with E-state index in [1.165, 1.54) is 76.7 Å². The van der Waals surface area contributed by atoms with E-state index in [4.69, 9.17) is 4.99 Å². The highest BCUT2D eigenvalue weighted by atomic mass is 15.3. The Hall–Kier alpha value is -2.43. The summed E-state index contributed by atoms with van der Waals surface area (Å²) < 4.78 is 0. The minimum Gasteiger partial charge on any atom is -0.343 e. The van der Waals surface area contributed by atoms with Crippen LogP contribution < -0.4 is 4.90 Å². The van der Waals surface area contributed by atoms with Gasteiger partial charge < -0.3 is 4.90 Å². The van der Waals surface area contributed by atoms with Crippen LogP contribution in [0.4, 0.5) is 11.4 Å². The first-order chi connectivity index (χ1) is 20.6. The first-order valence-corrected chi connectivity index (χ1v) is 17.4. The van der Waals surface area contributed by atoms with Crippen molar-refractivity contribution in [1.82, 2.24) is 9.80 Å². The average Bonchev–Trinajstić information content (AvgIpc) is 3.83. The zero-order chi connectivity index (χ0) is 27.6. The fraction of sp³-hybridized carbons (Fsp3) is 0.605. The molecule has 4 heteroatoms. The van der Waals surface area contributed by atoms with Gasteiger partial charge in [-0.15, -0.1) is 0 Å². The van der Waals surface area contributed by atoms with Crippen LogP contribution in [-0.2, 0) is 10.8 Å². The fourth-order valence-electron chi connectivity index (χ4n) is 13.6. The van der Waals surface area contributed by atoms with Gasteiger partial charge in [0.1, 0.15) is 0 Å². The van der Waals surface area contributed by atoms with Crippen molar-refractivity contribution >= 4 is 17.1 Å². The fourth-order valence-corrected chi connectivity index (χ4v) is 13.6. The third-order valence-corrected chi connectivity index (χ3v) is 14.7. The van der Waals surface area contributed by atoms with Gasteiger partial charge in [0.2, 0.25) is 0 Å². The third-order valence-electron chi connectivity index (χ3n) is 14.7. The smallest absolute Gasteiger partial charge is 0.0671 e. The van der Waals surface area contributed by atoms with E-state index in [2.05, 4.69) is 77.1 Å². The molecule has 2 aromatic rings. The molecular weight excluding hydrogens is 512 g/mol. The van der Waals surface area contributed by atoms with Gasteiger partial charge in [-0.05, 0) is 98.1 Å². The number of hydrogen-bond donors (Lipinski definition) is 0. The zero-order valence-corrected chi connectivity index (χ0v) is 25.4. The largest absolute Gasteiger partial charge is 0.343 e. The molecule has 5 fully saturated rings. The molecule has 0 radical (unpaired) electrons. The van der Waals surface area contributed by atoms with E-state index >= 15 is 0 Å². The summed E-state index contributed by atoms with van der Waals surface area (Å²) in [7, 11) is 0. The first kappa shape index (κ1) is 24.0. The first-order valence-electron chi connectivity index (χ1n) is 17.4. The summed E-state index contributed by atoms with van der Waals surface area (Å²) in [5.74, 6) is 2.33. The van der Waals surface area contributed by atoms with Gasteiger partial charge in [0.25, 0.3) is 0 Å². The number of hydrogen-bond acceptors (Lipinski definition) is 4. The van der Waals surface area contributed by atoms with Gasteiger partial charge in [0, 0.05) is 60.3 Å². The van der Waals surface area contributed by atoms with E-state index in [0.717, 1.165) is 30.3 Å². The minimum atomic E-state index is 0.122. The lowest BCUT2D eigenvalue weighted by atomic mass is 9.49. The third kappa shape index (κ3) is 2.40. The number of nitrogens with zero attached hydrogens (tertiary/aromatic N) is 4. The van der Waals surface area contributed by atoms with E-state index < -0.39 is 0 Å². The molecule has 42 heavy (non-hydrogen) atoms. The van der Waals surface area contributed by atoms with Crippen molar-refractivity contribution in [2.45, 2.75) is 94.2 Å². The Morgan fingerprint density at radius 1 is 0.905 bits per heavy atom. The maximum Gasteiger partial charge on any atom is 0.0671 e. The molecule has 4 nitrogen and oxygen atoms in total. The van der Waals surface area contributed by atoms with Crippen LogP contribution in [0.15, 0.2) is 64.8 Å². The Balaban J connectivity index is 1.16. The van der Waals surface area contributed by atoms with Crippen LogP contribution in [0, 0.1) is 23.2 Å². The molecule has 0 aromatic heterocycles. The van der Waals surface area contributed by atoms with Gasteiger partial charge in [0.15, 0.2) is 0 Å². The summed E-state index contributed by atoms with van der Waals surface area (Å²) >= 11 is 0. The number of allylic oxidation sites excluding steroid dienone is 1. The quantitative estimate of drug-likeness (QED) is 0.405. The lowest BCUT2D eigenvalue weighted by molar-refractivity contribution is 0.0637. The number of piperidine rings is 1. The van der Waals surface area contributed by atoms with Crippen molar-refractivity contribution in [3.63, 3.8) is 0 Å². The molecule has 0 amide bonds. The number of fused-ring (bicyclic) bond motifs is 6. The minimum absolute atomic E-state index is 0.122. The van der Waals surface area contributed by atoms with Gasteiger partial charge >= 0.3 is 0 Å². The number of para-hydroxylation sites is 2. The van der Waals surface area contributed by atoms with E-state index in [9.17, 15) is 0 Å². The summed E-state index contributed by atoms with van der Waals surface area (Å²) in [6.07, 6.45) is 10.6. The van der Waals surface area contributed by atoms with Gasteiger partial charge in [-0.25, -0.2) is 0 Å². The molecule has 2 aliphatic carbocycles. The number of rotatable bonds is 2. The Kier molecular flexibility index (Phi) is 4.34. The summed E-state index contributed by atoms with van der Waals surface area (Å²) in [6.45, 7) is 9.91. The van der Waals surface area contributed by atoms with Crippen LogP contribution in [0.25, 0.3) is 0 Å². The molecule has 2 aromatic carbocycles. The normalized spacial score (nSPS) is 45.2. The van der Waals surface area contributed by atoms with E-state index in [1.54, 1.807) is 28.2 Å². The highest BCUT2D eigenvalue weighted by Gasteiger charge is 2.72. The van der Waals surface area contributed by atoms with Crippen LogP contribution >= 0.6 is 0 Å². The van der Waals surface area contributed by atoms with Crippen LogP contribution in [0.1, 0.15) is 76.3 Å². The van der Waals surface area contributed by atoms with Gasteiger partial charge in [-0.2, -0.15) is 0 Å². The highest BCUT2D eigenvalue weighted by Crippen LogP contribution is 2.71. The van der Waals surface area contributed by atoms with E-state index in [0.29, 0.717) is 12.1 Å². The molecule has 7 aliphatic heterocycles. The second kappa shape index (κ2) is 7.61. The molecule has 0 N–H and O–H groups in total. The Labute approximate surface area is 250 Å². The van der Waals surface area contributed by atoms with Crippen molar-refractivity contribution in [2.24, 2.45) is 28.2 Å². The number of benzene rings is 2. The second-order valence-corrected chi connectivity index (χ2v) is 15.8. The lowest BCUT2D eigenvalue weighted by Gasteiger charge is -2.59. The maximum absolute atomic E-state index is 5.80. The molecule has 216 valence electrons. The average molecular weight is 557 g/mol. The summed E-state index contributed by atoms with van der Waals surface area (Å²) in [6, 6.07) is 21.1. The van der Waals surface area contributed by atoms with Crippen molar-refractivity contribution in [3.05, 3.63) is 70.9 Å². The SMILES string of the molecule is CC[C@H]1CN2CC[C@@]34C5=C(C[C@]6(C[C@@H]7C[C@H](CC)N8CC[C@]9(C6=Nc6ccccc69)C78)CN5c5ccccc53)[C@H]1CC24. The molecular formula is C38H44N4. The molecule has 11 rings (SSSR count). The molecule has 7 heterocycles. The van der Waals surface area contributed by atoms with Crippen molar-refractivity contribution in [2.75, 3.05) is 31.1 Å². The lowest BCUT2D eigenvalue weighted by Crippen LogP contribution is -2.64. The highest BCUT2D eigenvalue weighted by molar-refractivity contribution is 6.08. The standard InChI is InChI=1S/C38H44N4/c1-3-23-21-40-15-13-37-29-10-6-8-12-31(29)42-22-36(20-27(34(37)42)26(23)18-32(37)40)19-24-17-25(4-2)41-16-14-38(33(24)41)28-9-5-7-11-30(28)39-35(36)38/h5-12,23-26,32-33H,3-4,13-22H2,1-2H3/t23-,24-,25-,26-,32?,33?,36+,37+,38+/m0/s1. The molecule has 2 unspecified atom stereocenters.